The van der Waals surface area contributed by atoms with Crippen molar-refractivity contribution in [3.8, 4) is 11.8 Å². The number of ether oxygens (including phenoxy) is 2. The topological polar surface area (TPSA) is 81.6 Å². The molecule has 0 saturated carbocycles. The predicted octanol–water partition coefficient (Wildman–Crippen LogP) is 2.33. The number of piperidine rings is 1. The maximum atomic E-state index is 13.0. The molecule has 2 heterocycles. The number of rotatable bonds is 5. The van der Waals surface area contributed by atoms with Crippen LogP contribution >= 0.6 is 0 Å². The molecule has 140 valence electrons. The highest BCUT2D eigenvalue weighted by Gasteiger charge is 2.32. The quantitative estimate of drug-likeness (QED) is 0.795. The molecular formula is C18H23N3O4S. The van der Waals surface area contributed by atoms with E-state index in [-0.39, 0.29) is 12.6 Å². The lowest BCUT2D eigenvalue weighted by atomic mass is 10.1. The van der Waals surface area contributed by atoms with Crippen molar-refractivity contribution < 1.29 is 17.9 Å². The maximum Gasteiger partial charge on any atom is 0.243 e. The Morgan fingerprint density at radius 1 is 1.19 bits per heavy atom. The molecule has 1 aliphatic rings. The molecule has 0 aliphatic carbocycles. The highest BCUT2D eigenvalue weighted by atomic mass is 32.2. The van der Waals surface area contributed by atoms with Gasteiger partial charge in [0.05, 0.1) is 30.9 Å². The Hall–Kier alpha value is -2.19. The summed E-state index contributed by atoms with van der Waals surface area (Å²) in [4.78, 5) is 8.54. The second-order valence-electron chi connectivity index (χ2n) is 6.41. The summed E-state index contributed by atoms with van der Waals surface area (Å²) in [7, 11) is -2.05. The molecule has 1 unspecified atom stereocenters. The van der Waals surface area contributed by atoms with Gasteiger partial charge >= 0.3 is 0 Å². The number of aromatic nitrogens is 2. The van der Waals surface area contributed by atoms with Crippen LogP contribution in [-0.2, 0) is 10.0 Å². The van der Waals surface area contributed by atoms with Crippen molar-refractivity contribution in [2.45, 2.75) is 37.7 Å². The lowest BCUT2D eigenvalue weighted by Gasteiger charge is -2.32. The van der Waals surface area contributed by atoms with Crippen molar-refractivity contribution >= 4 is 10.0 Å². The van der Waals surface area contributed by atoms with Gasteiger partial charge in [-0.15, -0.1) is 0 Å². The highest BCUT2D eigenvalue weighted by Crippen LogP contribution is 2.25. The number of methoxy groups -OCH3 is 1. The van der Waals surface area contributed by atoms with Crippen LogP contribution in [0.2, 0.25) is 0 Å². The SMILES string of the molecule is COc1cncc(OC2CCCN(S(=O)(=O)c3ccc(C)cc3C)C2)n1. The molecule has 1 aromatic heterocycles. The molecule has 0 N–H and O–H groups in total. The van der Waals surface area contributed by atoms with E-state index in [1.807, 2.05) is 26.0 Å². The molecule has 0 bridgehead atoms. The highest BCUT2D eigenvalue weighted by molar-refractivity contribution is 7.89. The van der Waals surface area contributed by atoms with E-state index in [1.54, 1.807) is 6.07 Å². The van der Waals surface area contributed by atoms with Gasteiger partial charge in [-0.3, -0.25) is 4.98 Å². The minimum absolute atomic E-state index is 0.273. The first-order valence-corrected chi connectivity index (χ1v) is 9.94. The minimum Gasteiger partial charge on any atom is -0.480 e. The van der Waals surface area contributed by atoms with E-state index >= 15 is 0 Å². The zero-order valence-electron chi connectivity index (χ0n) is 15.2. The first-order chi connectivity index (χ1) is 12.4. The van der Waals surface area contributed by atoms with Gasteiger partial charge in [-0.1, -0.05) is 17.7 Å². The normalized spacial score (nSPS) is 18.5. The number of hydrogen-bond donors (Lipinski definition) is 0. The van der Waals surface area contributed by atoms with Gasteiger partial charge in [0.1, 0.15) is 6.10 Å². The Morgan fingerprint density at radius 2 is 1.96 bits per heavy atom. The van der Waals surface area contributed by atoms with Crippen molar-refractivity contribution in [2.75, 3.05) is 20.2 Å². The summed E-state index contributed by atoms with van der Waals surface area (Å²) in [5, 5.41) is 0. The molecule has 0 spiro atoms. The van der Waals surface area contributed by atoms with Gasteiger partial charge in [0.2, 0.25) is 21.8 Å². The summed E-state index contributed by atoms with van der Waals surface area (Å²) >= 11 is 0. The average Bonchev–Trinajstić information content (AvgIpc) is 2.62. The first-order valence-electron chi connectivity index (χ1n) is 8.50. The third-order valence-corrected chi connectivity index (χ3v) is 6.40. The van der Waals surface area contributed by atoms with Gasteiger partial charge in [-0.25, -0.2) is 8.42 Å². The van der Waals surface area contributed by atoms with Crippen LogP contribution in [0.4, 0.5) is 0 Å². The second kappa shape index (κ2) is 7.59. The summed E-state index contributed by atoms with van der Waals surface area (Å²) in [5.41, 5.74) is 1.80. The lowest BCUT2D eigenvalue weighted by molar-refractivity contribution is 0.123. The number of nitrogens with zero attached hydrogens (tertiary/aromatic N) is 3. The van der Waals surface area contributed by atoms with E-state index < -0.39 is 10.0 Å². The van der Waals surface area contributed by atoms with E-state index in [0.29, 0.717) is 23.2 Å². The molecule has 1 atom stereocenters. The molecular weight excluding hydrogens is 354 g/mol. The molecule has 8 heteroatoms. The van der Waals surface area contributed by atoms with Crippen molar-refractivity contribution in [3.63, 3.8) is 0 Å². The van der Waals surface area contributed by atoms with E-state index in [1.165, 1.54) is 23.8 Å². The van der Waals surface area contributed by atoms with Gasteiger partial charge in [0, 0.05) is 6.54 Å². The zero-order valence-corrected chi connectivity index (χ0v) is 16.0. The van der Waals surface area contributed by atoms with Gasteiger partial charge in [0.15, 0.2) is 0 Å². The molecule has 7 nitrogen and oxygen atoms in total. The Bertz CT molecular complexity index is 886. The molecule has 1 saturated heterocycles. The number of aryl methyl sites for hydroxylation is 2. The molecule has 3 rings (SSSR count). The Balaban J connectivity index is 1.77. The maximum absolute atomic E-state index is 13.0. The second-order valence-corrected chi connectivity index (χ2v) is 8.32. The van der Waals surface area contributed by atoms with E-state index in [0.717, 1.165) is 24.0 Å². The summed E-state index contributed by atoms with van der Waals surface area (Å²) in [6.07, 6.45) is 4.21. The fraction of sp³-hybridized carbons (Fsp3) is 0.444. The molecule has 26 heavy (non-hydrogen) atoms. The fourth-order valence-electron chi connectivity index (χ4n) is 3.10. The van der Waals surface area contributed by atoms with Gasteiger partial charge in [-0.2, -0.15) is 9.29 Å². The number of benzene rings is 1. The summed E-state index contributed by atoms with van der Waals surface area (Å²) < 4.78 is 38.5. The molecule has 1 aromatic carbocycles. The largest absolute Gasteiger partial charge is 0.480 e. The molecule has 1 fully saturated rings. The molecule has 1 aliphatic heterocycles. The summed E-state index contributed by atoms with van der Waals surface area (Å²) in [6.45, 7) is 4.54. The van der Waals surface area contributed by atoms with Crippen LogP contribution < -0.4 is 9.47 Å². The summed E-state index contributed by atoms with van der Waals surface area (Å²) in [5.74, 6) is 0.693. The van der Waals surface area contributed by atoms with Gasteiger partial charge < -0.3 is 9.47 Å². The third kappa shape index (κ3) is 3.96. The van der Waals surface area contributed by atoms with Crippen LogP contribution in [-0.4, -0.2) is 49.0 Å². The van der Waals surface area contributed by atoms with Crippen molar-refractivity contribution in [2.24, 2.45) is 0 Å². The average molecular weight is 377 g/mol. The van der Waals surface area contributed by atoms with Crippen LogP contribution in [0.3, 0.4) is 0 Å². The first kappa shape index (κ1) is 18.6. The molecule has 0 radical (unpaired) electrons. The smallest absolute Gasteiger partial charge is 0.243 e. The van der Waals surface area contributed by atoms with Crippen molar-refractivity contribution in [1.29, 1.82) is 0 Å². The van der Waals surface area contributed by atoms with Crippen LogP contribution in [0.1, 0.15) is 24.0 Å². The molecule has 2 aromatic rings. The fourth-order valence-corrected chi connectivity index (χ4v) is 4.82. The predicted molar refractivity (Wildman–Crippen MR) is 96.9 cm³/mol. The Kier molecular flexibility index (Phi) is 5.43. The monoisotopic (exact) mass is 377 g/mol. The Labute approximate surface area is 154 Å². The van der Waals surface area contributed by atoms with Crippen LogP contribution in [0.5, 0.6) is 11.8 Å². The van der Waals surface area contributed by atoms with E-state index in [9.17, 15) is 8.42 Å². The van der Waals surface area contributed by atoms with E-state index in [2.05, 4.69) is 9.97 Å². The number of sulfonamides is 1. The van der Waals surface area contributed by atoms with Crippen LogP contribution in [0.15, 0.2) is 35.5 Å². The van der Waals surface area contributed by atoms with Gasteiger partial charge in [-0.05, 0) is 38.3 Å². The third-order valence-electron chi connectivity index (χ3n) is 4.38. The number of hydrogen-bond acceptors (Lipinski definition) is 6. The molecule has 0 amide bonds. The lowest BCUT2D eigenvalue weighted by Crippen LogP contribution is -2.44. The Morgan fingerprint density at radius 3 is 2.69 bits per heavy atom. The standard InChI is InChI=1S/C18H23N3O4S/c1-13-6-7-16(14(2)9-13)26(22,23)21-8-4-5-15(12-21)25-18-11-19-10-17(20-18)24-3/h6-7,9-11,15H,4-5,8,12H2,1-3H3. The summed E-state index contributed by atoms with van der Waals surface area (Å²) in [6, 6.07) is 5.39. The van der Waals surface area contributed by atoms with Crippen LogP contribution in [0.25, 0.3) is 0 Å². The van der Waals surface area contributed by atoms with Gasteiger partial charge in [0.25, 0.3) is 0 Å². The van der Waals surface area contributed by atoms with Crippen molar-refractivity contribution in [1.82, 2.24) is 14.3 Å². The van der Waals surface area contributed by atoms with E-state index in [4.69, 9.17) is 9.47 Å². The van der Waals surface area contributed by atoms with Crippen LogP contribution in [0, 0.1) is 13.8 Å². The minimum atomic E-state index is -3.55. The zero-order chi connectivity index (χ0) is 18.7. The van der Waals surface area contributed by atoms with Crippen molar-refractivity contribution in [3.05, 3.63) is 41.7 Å².